The normalized spacial score (nSPS) is 12.7. The van der Waals surface area contributed by atoms with Crippen LogP contribution in [-0.2, 0) is 33.7 Å². The van der Waals surface area contributed by atoms with Crippen LogP contribution in [0.3, 0.4) is 0 Å². The van der Waals surface area contributed by atoms with Crippen LogP contribution in [0.5, 0.6) is 0 Å². The van der Waals surface area contributed by atoms with Gasteiger partial charge in [0.05, 0.1) is 31.7 Å². The average Bonchev–Trinajstić information content (AvgIpc) is 3.07. The second-order valence-corrected chi connectivity index (χ2v) is 8.37. The zero-order valence-corrected chi connectivity index (χ0v) is 19.8. The first kappa shape index (κ1) is 23.9. The molecule has 4 rings (SSSR count). The molecule has 1 aliphatic rings. The van der Waals surface area contributed by atoms with Gasteiger partial charge in [0, 0.05) is 28.1 Å². The summed E-state index contributed by atoms with van der Waals surface area (Å²) in [6.07, 6.45) is 0.253. The molecule has 0 spiro atoms. The summed E-state index contributed by atoms with van der Waals surface area (Å²) in [4.78, 5) is 48.1. The van der Waals surface area contributed by atoms with Crippen molar-refractivity contribution in [2.75, 3.05) is 11.9 Å². The summed E-state index contributed by atoms with van der Waals surface area (Å²) < 4.78 is 6.90. The number of hydrogen-bond donors (Lipinski definition) is 2. The van der Waals surface area contributed by atoms with E-state index in [4.69, 9.17) is 4.74 Å². The third-order valence-corrected chi connectivity index (χ3v) is 5.92. The molecule has 0 atom stereocenters. The second kappa shape index (κ2) is 9.92. The van der Waals surface area contributed by atoms with Crippen molar-refractivity contribution in [1.29, 1.82) is 0 Å². The van der Waals surface area contributed by atoms with Crippen molar-refractivity contribution >= 4 is 29.4 Å². The van der Waals surface area contributed by atoms with Gasteiger partial charge in [-0.25, -0.2) is 0 Å². The van der Waals surface area contributed by atoms with E-state index in [2.05, 4.69) is 15.7 Å². The van der Waals surface area contributed by atoms with E-state index in [9.17, 15) is 19.2 Å². The zero-order valence-electron chi connectivity index (χ0n) is 19.8. The Labute approximate surface area is 202 Å². The molecule has 0 saturated carbocycles. The number of hydrogen-bond acceptors (Lipinski definition) is 6. The smallest absolute Gasteiger partial charge is 0.310 e. The van der Waals surface area contributed by atoms with E-state index in [0.29, 0.717) is 35.5 Å². The Morgan fingerprint density at radius 1 is 1.11 bits per heavy atom. The number of rotatable bonds is 7. The van der Waals surface area contributed by atoms with E-state index >= 15 is 0 Å². The van der Waals surface area contributed by atoms with Crippen molar-refractivity contribution < 1.29 is 23.9 Å². The van der Waals surface area contributed by atoms with Crippen molar-refractivity contribution in [2.45, 2.75) is 40.2 Å². The highest BCUT2D eigenvalue weighted by Crippen LogP contribution is 2.20. The first-order chi connectivity index (χ1) is 16.7. The summed E-state index contributed by atoms with van der Waals surface area (Å²) in [5.41, 5.74) is 5.48. The molecule has 0 fully saturated rings. The Kier molecular flexibility index (Phi) is 6.77. The van der Waals surface area contributed by atoms with Gasteiger partial charge in [0.2, 0.25) is 5.91 Å². The summed E-state index contributed by atoms with van der Waals surface area (Å²) in [7, 11) is 0. The van der Waals surface area contributed by atoms with Crippen LogP contribution < -0.4 is 10.6 Å². The van der Waals surface area contributed by atoms with E-state index < -0.39 is 5.91 Å². The number of aryl methyl sites for hydroxylation is 1. The van der Waals surface area contributed by atoms with Gasteiger partial charge in [0.15, 0.2) is 0 Å². The maximum Gasteiger partial charge on any atom is 0.310 e. The molecule has 1 aromatic heterocycles. The predicted molar refractivity (Wildman–Crippen MR) is 128 cm³/mol. The van der Waals surface area contributed by atoms with Gasteiger partial charge in [-0.05, 0) is 62.2 Å². The number of benzene rings is 2. The lowest BCUT2D eigenvalue weighted by molar-refractivity contribution is -0.142. The van der Waals surface area contributed by atoms with Gasteiger partial charge in [0.25, 0.3) is 11.8 Å². The largest absolute Gasteiger partial charge is 0.466 e. The molecule has 9 nitrogen and oxygen atoms in total. The van der Waals surface area contributed by atoms with Gasteiger partial charge in [-0.3, -0.25) is 29.2 Å². The molecular formula is C26H26N4O5. The molecule has 3 amide bonds. The number of carbonyl (C=O) groups excluding carboxylic acids is 4. The summed E-state index contributed by atoms with van der Waals surface area (Å²) in [6, 6.07) is 12.1. The second-order valence-electron chi connectivity index (χ2n) is 8.37. The Morgan fingerprint density at radius 3 is 2.57 bits per heavy atom. The Hall–Kier alpha value is -4.27. The lowest BCUT2D eigenvalue weighted by Crippen LogP contribution is -2.37. The number of imide groups is 1. The molecule has 9 heteroatoms. The van der Waals surface area contributed by atoms with Crippen LogP contribution in [0.2, 0.25) is 0 Å². The number of esters is 1. The minimum atomic E-state index is -0.450. The van der Waals surface area contributed by atoms with Crippen LogP contribution >= 0.6 is 0 Å². The molecule has 0 bridgehead atoms. The molecule has 2 N–H and O–H groups in total. The number of nitrogens with zero attached hydrogens (tertiary/aromatic N) is 2. The molecule has 0 saturated heterocycles. The monoisotopic (exact) mass is 474 g/mol. The molecule has 3 aromatic rings. The molecule has 2 aromatic carbocycles. The molecule has 35 heavy (non-hydrogen) atoms. The van der Waals surface area contributed by atoms with Crippen molar-refractivity contribution in [3.05, 3.63) is 81.7 Å². The van der Waals surface area contributed by atoms with Gasteiger partial charge < -0.3 is 10.1 Å². The number of aromatic nitrogens is 2. The Balaban J connectivity index is 1.42. The van der Waals surface area contributed by atoms with Crippen molar-refractivity contribution in [3.63, 3.8) is 0 Å². The van der Waals surface area contributed by atoms with Crippen molar-refractivity contribution in [3.8, 4) is 0 Å². The van der Waals surface area contributed by atoms with E-state index in [0.717, 1.165) is 22.5 Å². The number of nitrogens with one attached hydrogen (secondary N) is 2. The van der Waals surface area contributed by atoms with E-state index in [1.807, 2.05) is 30.7 Å². The number of amides is 3. The third-order valence-electron chi connectivity index (χ3n) is 5.92. The van der Waals surface area contributed by atoms with Gasteiger partial charge >= 0.3 is 5.97 Å². The minimum Gasteiger partial charge on any atom is -0.466 e. The maximum atomic E-state index is 12.7. The van der Waals surface area contributed by atoms with Gasteiger partial charge in [-0.1, -0.05) is 12.1 Å². The van der Waals surface area contributed by atoms with E-state index in [1.54, 1.807) is 37.3 Å². The molecule has 0 aliphatic carbocycles. The number of fused-ring (bicyclic) bond motifs is 1. The average molecular weight is 475 g/mol. The van der Waals surface area contributed by atoms with Gasteiger partial charge in [-0.15, -0.1) is 0 Å². The summed E-state index contributed by atoms with van der Waals surface area (Å²) in [6.45, 7) is 6.45. The fourth-order valence-electron chi connectivity index (χ4n) is 4.08. The Bertz CT molecular complexity index is 1320. The molecule has 2 heterocycles. The lowest BCUT2D eigenvalue weighted by Gasteiger charge is -2.16. The quantitative estimate of drug-likeness (QED) is 0.401. The van der Waals surface area contributed by atoms with Crippen molar-refractivity contribution in [1.82, 2.24) is 15.1 Å². The number of ether oxygens (including phenoxy) is 1. The first-order valence-electron chi connectivity index (χ1n) is 11.3. The highest BCUT2D eigenvalue weighted by molar-refractivity contribution is 6.11. The van der Waals surface area contributed by atoms with Crippen LogP contribution in [0.15, 0.2) is 42.5 Å². The molecule has 1 aliphatic heterocycles. The van der Waals surface area contributed by atoms with Gasteiger partial charge in [0.1, 0.15) is 0 Å². The molecular weight excluding hydrogens is 448 g/mol. The van der Waals surface area contributed by atoms with E-state index in [-0.39, 0.29) is 30.6 Å². The van der Waals surface area contributed by atoms with E-state index in [1.165, 1.54) is 0 Å². The topological polar surface area (TPSA) is 119 Å². The molecule has 0 unspecified atom stereocenters. The van der Waals surface area contributed by atoms with Crippen molar-refractivity contribution in [2.24, 2.45) is 0 Å². The van der Waals surface area contributed by atoms with Crippen LogP contribution in [-0.4, -0.2) is 40.1 Å². The SMILES string of the molecule is CCOC(=O)Cc1c(C)nn(Cc2ccc(NC(=O)c3ccc4c(c3)CC(=O)NC4=O)cc2)c1C. The third kappa shape index (κ3) is 5.29. The Morgan fingerprint density at radius 2 is 1.86 bits per heavy atom. The summed E-state index contributed by atoms with van der Waals surface area (Å²) in [5, 5.41) is 9.66. The molecule has 0 radical (unpaired) electrons. The van der Waals surface area contributed by atoms with Gasteiger partial charge in [-0.2, -0.15) is 5.10 Å². The number of carbonyl (C=O) groups is 4. The summed E-state index contributed by atoms with van der Waals surface area (Å²) >= 11 is 0. The highest BCUT2D eigenvalue weighted by atomic mass is 16.5. The molecule has 180 valence electrons. The zero-order chi connectivity index (χ0) is 25.1. The van der Waals surface area contributed by atoms with Crippen LogP contribution in [0, 0.1) is 13.8 Å². The minimum absolute atomic E-state index is 0.0602. The standard InChI is InChI=1S/C26H26N4O5/c1-4-35-24(32)13-22-15(2)29-30(16(22)3)14-17-5-8-20(9-6-17)27-25(33)18-7-10-21-19(11-18)12-23(31)28-26(21)34/h5-11H,4,12-14H2,1-3H3,(H,27,33)(H,28,31,34). The predicted octanol–water partition coefficient (Wildman–Crippen LogP) is 2.72. The van der Waals surface area contributed by atoms with Crippen LogP contribution in [0.25, 0.3) is 0 Å². The highest BCUT2D eigenvalue weighted by Gasteiger charge is 2.23. The fourth-order valence-corrected chi connectivity index (χ4v) is 4.08. The van der Waals surface area contributed by atoms with Crippen LogP contribution in [0.4, 0.5) is 5.69 Å². The fraction of sp³-hybridized carbons (Fsp3) is 0.269. The lowest BCUT2D eigenvalue weighted by atomic mass is 9.97. The maximum absolute atomic E-state index is 12.7. The van der Waals surface area contributed by atoms with Crippen LogP contribution in [0.1, 0.15) is 55.7 Å². The number of anilines is 1. The first-order valence-corrected chi connectivity index (χ1v) is 11.3. The summed E-state index contributed by atoms with van der Waals surface area (Å²) in [5.74, 6) is -1.44.